The molecule has 1 saturated heterocycles. The monoisotopic (exact) mass is 483 g/mol. The number of amides is 3. The normalized spacial score (nSPS) is 22.2. The number of benzene rings is 3. The van der Waals surface area contributed by atoms with Gasteiger partial charge in [0.05, 0.1) is 18.3 Å². The zero-order chi connectivity index (χ0) is 24.9. The lowest BCUT2D eigenvalue weighted by Crippen LogP contribution is -2.65. The molecule has 0 saturated carbocycles. The Balaban J connectivity index is 1.31. The number of nitrogens with one attached hydrogen (secondary N) is 1. The molecule has 36 heavy (non-hydrogen) atoms. The first-order chi connectivity index (χ1) is 17.5. The highest BCUT2D eigenvalue weighted by atomic mass is 16.5. The van der Waals surface area contributed by atoms with Crippen LogP contribution >= 0.6 is 0 Å². The minimum Gasteiger partial charge on any atom is -0.490 e. The fourth-order valence-corrected chi connectivity index (χ4v) is 5.65. The fourth-order valence-electron chi connectivity index (χ4n) is 5.65. The lowest BCUT2D eigenvalue weighted by Gasteiger charge is -2.50. The Hall–Kier alpha value is -4.00. The van der Waals surface area contributed by atoms with Crippen LogP contribution in [0.4, 0.5) is 10.5 Å². The van der Waals surface area contributed by atoms with Crippen LogP contribution in [0.2, 0.25) is 0 Å². The molecule has 3 aliphatic rings. The van der Waals surface area contributed by atoms with E-state index in [1.54, 1.807) is 11.0 Å². The number of hydrogen-bond acceptors (Lipinski definition) is 4. The van der Waals surface area contributed by atoms with Crippen molar-refractivity contribution in [2.45, 2.75) is 45.0 Å². The lowest BCUT2D eigenvalue weighted by atomic mass is 9.89. The molecule has 0 aliphatic carbocycles. The first kappa shape index (κ1) is 22.5. The predicted octanol–water partition coefficient (Wildman–Crippen LogP) is 5.05. The predicted molar refractivity (Wildman–Crippen MR) is 136 cm³/mol. The van der Waals surface area contributed by atoms with E-state index in [2.05, 4.69) is 17.4 Å². The fraction of sp³-hybridized carbons (Fsp3) is 0.310. The molecule has 3 heterocycles. The topological polar surface area (TPSA) is 71.1 Å². The molecule has 184 valence electrons. The Kier molecular flexibility index (Phi) is 5.36. The van der Waals surface area contributed by atoms with E-state index in [0.717, 1.165) is 12.0 Å². The van der Waals surface area contributed by atoms with Crippen molar-refractivity contribution in [2.24, 2.45) is 0 Å². The second kappa shape index (κ2) is 8.59. The average molecular weight is 484 g/mol. The summed E-state index contributed by atoms with van der Waals surface area (Å²) in [7, 11) is 0. The molecule has 0 aromatic heterocycles. The quantitative estimate of drug-likeness (QED) is 0.564. The molecular formula is C29H29N3O4. The summed E-state index contributed by atoms with van der Waals surface area (Å²) in [6.45, 7) is 5.62. The van der Waals surface area contributed by atoms with Crippen LogP contribution in [-0.2, 0) is 13.0 Å². The van der Waals surface area contributed by atoms with Crippen LogP contribution in [0.5, 0.6) is 11.5 Å². The third-order valence-corrected chi connectivity index (χ3v) is 7.33. The maximum atomic E-state index is 13.5. The standard InChI is InChI=1S/C29H29N3O4/c1-3-35-25-13-7-12-23-24-17-29(2,36-26(23)25)32(28(34)30-24)22-11-6-10-20(16-22)27(33)31-15-14-19-8-4-5-9-21(19)18-31/h4-13,16,24H,3,14-15,17-18H2,1-2H3,(H,30,34)/t24?,29-/m1/s1. The van der Waals surface area contributed by atoms with Gasteiger partial charge in [-0.25, -0.2) is 4.79 Å². The van der Waals surface area contributed by atoms with Gasteiger partial charge in [0.15, 0.2) is 17.2 Å². The second-order valence-corrected chi connectivity index (χ2v) is 9.72. The maximum Gasteiger partial charge on any atom is 0.325 e. The van der Waals surface area contributed by atoms with Crippen LogP contribution in [0, 0.1) is 0 Å². The Morgan fingerprint density at radius 3 is 2.75 bits per heavy atom. The van der Waals surface area contributed by atoms with Crippen molar-refractivity contribution in [3.63, 3.8) is 0 Å². The SMILES string of the molecule is CCOc1cccc2c1O[C@]1(C)CC2NC(=O)N1c1cccc(C(=O)N2CCc3ccccc3C2)c1. The Labute approximate surface area is 210 Å². The summed E-state index contributed by atoms with van der Waals surface area (Å²) in [4.78, 5) is 30.3. The molecule has 1 unspecified atom stereocenters. The lowest BCUT2D eigenvalue weighted by molar-refractivity contribution is 0.0343. The van der Waals surface area contributed by atoms with Gasteiger partial charge < -0.3 is 19.7 Å². The number of rotatable bonds is 4. The van der Waals surface area contributed by atoms with Gasteiger partial charge in [-0.15, -0.1) is 0 Å². The van der Waals surface area contributed by atoms with Gasteiger partial charge in [-0.2, -0.15) is 0 Å². The summed E-state index contributed by atoms with van der Waals surface area (Å²) in [5, 5.41) is 3.13. The van der Waals surface area contributed by atoms with Crippen LogP contribution < -0.4 is 19.7 Å². The van der Waals surface area contributed by atoms with Gasteiger partial charge in [0, 0.05) is 30.6 Å². The van der Waals surface area contributed by atoms with Crippen LogP contribution in [0.1, 0.15) is 53.4 Å². The maximum absolute atomic E-state index is 13.5. The van der Waals surface area contributed by atoms with Crippen molar-refractivity contribution in [3.05, 3.63) is 89.0 Å². The van der Waals surface area contributed by atoms with Gasteiger partial charge in [-0.05, 0) is 55.7 Å². The zero-order valence-corrected chi connectivity index (χ0v) is 20.5. The van der Waals surface area contributed by atoms with Crippen molar-refractivity contribution in [2.75, 3.05) is 18.1 Å². The van der Waals surface area contributed by atoms with Crippen molar-refractivity contribution >= 4 is 17.6 Å². The number of urea groups is 1. The van der Waals surface area contributed by atoms with Gasteiger partial charge >= 0.3 is 6.03 Å². The highest BCUT2D eigenvalue weighted by Gasteiger charge is 2.50. The number of ether oxygens (including phenoxy) is 2. The number of para-hydroxylation sites is 1. The molecule has 7 nitrogen and oxygen atoms in total. The molecule has 6 rings (SSSR count). The molecular weight excluding hydrogens is 454 g/mol. The van der Waals surface area contributed by atoms with Crippen molar-refractivity contribution < 1.29 is 19.1 Å². The smallest absolute Gasteiger partial charge is 0.325 e. The van der Waals surface area contributed by atoms with Gasteiger partial charge in [0.1, 0.15) is 0 Å². The molecule has 1 N–H and O–H groups in total. The average Bonchev–Trinajstić information content (AvgIpc) is 2.88. The molecule has 0 radical (unpaired) electrons. The van der Waals surface area contributed by atoms with E-state index in [0.29, 0.717) is 48.9 Å². The summed E-state index contributed by atoms with van der Waals surface area (Å²) in [6, 6.07) is 20.9. The number of hydrogen-bond donors (Lipinski definition) is 1. The third kappa shape index (κ3) is 3.66. The van der Waals surface area contributed by atoms with E-state index in [4.69, 9.17) is 9.47 Å². The number of carbonyl (C=O) groups is 2. The molecule has 1 fully saturated rings. The zero-order valence-electron chi connectivity index (χ0n) is 20.5. The molecule has 2 atom stereocenters. The summed E-state index contributed by atoms with van der Waals surface area (Å²) in [5.41, 5.74) is 3.63. The molecule has 3 aromatic rings. The Morgan fingerprint density at radius 1 is 1.11 bits per heavy atom. The number of carbonyl (C=O) groups excluding carboxylic acids is 2. The summed E-state index contributed by atoms with van der Waals surface area (Å²) < 4.78 is 12.3. The van der Waals surface area contributed by atoms with Gasteiger partial charge in [0.2, 0.25) is 0 Å². The van der Waals surface area contributed by atoms with Crippen molar-refractivity contribution in [3.8, 4) is 11.5 Å². The van der Waals surface area contributed by atoms with E-state index >= 15 is 0 Å². The van der Waals surface area contributed by atoms with Crippen LogP contribution in [-0.4, -0.2) is 35.7 Å². The molecule has 2 bridgehead atoms. The van der Waals surface area contributed by atoms with Gasteiger partial charge in [0.25, 0.3) is 5.91 Å². The van der Waals surface area contributed by atoms with Gasteiger partial charge in [-0.1, -0.05) is 42.5 Å². The molecule has 7 heteroatoms. The summed E-state index contributed by atoms with van der Waals surface area (Å²) in [5.74, 6) is 1.28. The molecule has 0 spiro atoms. The van der Waals surface area contributed by atoms with E-state index in [1.165, 1.54) is 11.1 Å². The largest absolute Gasteiger partial charge is 0.490 e. The van der Waals surface area contributed by atoms with Crippen molar-refractivity contribution in [1.82, 2.24) is 10.2 Å². The minimum absolute atomic E-state index is 0.0414. The van der Waals surface area contributed by atoms with Gasteiger partial charge in [-0.3, -0.25) is 9.69 Å². The van der Waals surface area contributed by atoms with E-state index in [9.17, 15) is 9.59 Å². The van der Waals surface area contributed by atoms with E-state index in [1.807, 2.05) is 67.3 Å². The highest BCUT2D eigenvalue weighted by Crippen LogP contribution is 2.49. The van der Waals surface area contributed by atoms with Crippen LogP contribution in [0.15, 0.2) is 66.7 Å². The second-order valence-electron chi connectivity index (χ2n) is 9.72. The Morgan fingerprint density at radius 2 is 1.92 bits per heavy atom. The first-order valence-electron chi connectivity index (χ1n) is 12.5. The molecule has 3 aromatic carbocycles. The number of fused-ring (bicyclic) bond motifs is 5. The summed E-state index contributed by atoms with van der Waals surface area (Å²) in [6.07, 6.45) is 1.41. The number of anilines is 1. The Bertz CT molecular complexity index is 1360. The van der Waals surface area contributed by atoms with Crippen LogP contribution in [0.3, 0.4) is 0 Å². The van der Waals surface area contributed by atoms with E-state index < -0.39 is 5.72 Å². The highest BCUT2D eigenvalue weighted by molar-refractivity contribution is 5.99. The van der Waals surface area contributed by atoms with E-state index in [-0.39, 0.29) is 18.0 Å². The molecule has 3 aliphatic heterocycles. The van der Waals surface area contributed by atoms with Crippen molar-refractivity contribution in [1.29, 1.82) is 0 Å². The summed E-state index contributed by atoms with van der Waals surface area (Å²) >= 11 is 0. The molecule has 3 amide bonds. The number of nitrogens with zero attached hydrogens (tertiary/aromatic N) is 2. The first-order valence-corrected chi connectivity index (χ1v) is 12.5. The van der Waals surface area contributed by atoms with Crippen LogP contribution in [0.25, 0.3) is 0 Å². The third-order valence-electron chi connectivity index (χ3n) is 7.33. The minimum atomic E-state index is -0.932.